The zero-order chi connectivity index (χ0) is 23.6. The second kappa shape index (κ2) is 9.19. The Labute approximate surface area is 190 Å². The Morgan fingerprint density at radius 3 is 2.06 bits per heavy atom. The third-order valence-electron chi connectivity index (χ3n) is 6.19. The van der Waals surface area contributed by atoms with Crippen molar-refractivity contribution in [3.63, 3.8) is 0 Å². The monoisotopic (exact) mass is 435 g/mol. The number of ketones is 1. The number of ether oxygens (including phenoxy) is 2. The molecule has 0 unspecified atom stereocenters. The fraction of sp³-hybridized carbons (Fsp3) is 0.407. The molecule has 0 bridgehead atoms. The molecular weight excluding hydrogens is 402 g/mol. The van der Waals surface area contributed by atoms with Crippen LogP contribution in [0.4, 0.5) is 0 Å². The maximum Gasteiger partial charge on any atom is 0.226 e. The van der Waals surface area contributed by atoms with Crippen LogP contribution < -0.4 is 9.47 Å². The molecule has 0 N–H and O–H groups in total. The van der Waals surface area contributed by atoms with Crippen molar-refractivity contribution in [3.05, 3.63) is 64.0 Å². The topological polar surface area (TPSA) is 61.6 Å². The first-order valence-electron chi connectivity index (χ1n) is 11.0. The fourth-order valence-corrected chi connectivity index (χ4v) is 3.55. The lowest BCUT2D eigenvalue weighted by Gasteiger charge is -2.28. The van der Waals surface area contributed by atoms with Gasteiger partial charge in [-0.1, -0.05) is 18.2 Å². The Balaban J connectivity index is 1.78. The number of hydrogen-bond acceptors (Lipinski definition) is 5. The molecule has 5 nitrogen and oxygen atoms in total. The van der Waals surface area contributed by atoms with Crippen molar-refractivity contribution in [2.24, 2.45) is 0 Å². The zero-order valence-electron chi connectivity index (χ0n) is 20.4. The van der Waals surface area contributed by atoms with Crippen molar-refractivity contribution < 1.29 is 18.7 Å². The second-order valence-electron chi connectivity index (χ2n) is 8.81. The maximum atomic E-state index is 12.0. The largest absolute Gasteiger partial charge is 0.493 e. The van der Waals surface area contributed by atoms with E-state index in [2.05, 4.69) is 4.98 Å². The normalized spacial score (nSPS) is 11.5. The molecule has 3 aromatic rings. The summed E-state index contributed by atoms with van der Waals surface area (Å²) in [5.41, 5.74) is 4.99. The van der Waals surface area contributed by atoms with Crippen molar-refractivity contribution in [1.29, 1.82) is 0 Å². The number of nitrogens with zero attached hydrogens (tertiary/aromatic N) is 1. The molecule has 0 aliphatic rings. The molecule has 0 fully saturated rings. The van der Waals surface area contributed by atoms with Gasteiger partial charge >= 0.3 is 0 Å². The van der Waals surface area contributed by atoms with Gasteiger partial charge in [-0.05, 0) is 89.8 Å². The van der Waals surface area contributed by atoms with Crippen molar-refractivity contribution in [3.8, 4) is 23.0 Å². The van der Waals surface area contributed by atoms with E-state index in [0.717, 1.165) is 50.8 Å². The Morgan fingerprint density at radius 2 is 1.50 bits per heavy atom. The van der Waals surface area contributed by atoms with Crippen molar-refractivity contribution >= 4 is 5.78 Å². The van der Waals surface area contributed by atoms with Crippen LogP contribution in [0.1, 0.15) is 54.5 Å². The summed E-state index contributed by atoms with van der Waals surface area (Å²) in [5.74, 6) is 3.05. The predicted octanol–water partition coefficient (Wildman–Crippen LogP) is 6.25. The zero-order valence-corrected chi connectivity index (χ0v) is 20.4. The summed E-state index contributed by atoms with van der Waals surface area (Å²) in [6.07, 6.45) is 0.648. The molecule has 0 aliphatic carbocycles. The van der Waals surface area contributed by atoms with Gasteiger partial charge < -0.3 is 13.9 Å². The first kappa shape index (κ1) is 23.6. The highest BCUT2D eigenvalue weighted by molar-refractivity contribution is 5.84. The molecule has 0 atom stereocenters. The molecule has 0 aliphatic heterocycles. The fourth-order valence-electron chi connectivity index (χ4n) is 3.55. The Hall–Kier alpha value is -3.08. The van der Waals surface area contributed by atoms with Gasteiger partial charge in [0.2, 0.25) is 5.89 Å². The van der Waals surface area contributed by atoms with Gasteiger partial charge in [0.05, 0.1) is 12.3 Å². The molecule has 3 rings (SSSR count). The van der Waals surface area contributed by atoms with E-state index in [1.807, 2.05) is 65.0 Å². The molecule has 0 saturated heterocycles. The molecule has 0 spiro atoms. The Bertz CT molecular complexity index is 1100. The summed E-state index contributed by atoms with van der Waals surface area (Å²) in [5, 5.41) is 0. The molecule has 2 aromatic carbocycles. The minimum absolute atomic E-state index is 0.00946. The van der Waals surface area contributed by atoms with E-state index >= 15 is 0 Å². The smallest absolute Gasteiger partial charge is 0.226 e. The third kappa shape index (κ3) is 4.72. The van der Waals surface area contributed by atoms with Gasteiger partial charge in [-0.2, -0.15) is 0 Å². The van der Waals surface area contributed by atoms with Gasteiger partial charge in [0.1, 0.15) is 17.3 Å². The van der Waals surface area contributed by atoms with Gasteiger partial charge in [0.25, 0.3) is 0 Å². The van der Waals surface area contributed by atoms with E-state index in [1.54, 1.807) is 20.8 Å². The van der Waals surface area contributed by atoms with Gasteiger partial charge in [-0.3, -0.25) is 4.79 Å². The van der Waals surface area contributed by atoms with Gasteiger partial charge in [0.15, 0.2) is 11.4 Å². The summed E-state index contributed by atoms with van der Waals surface area (Å²) < 4.78 is 18.2. The quantitative estimate of drug-likeness (QED) is 0.418. The molecule has 0 radical (unpaired) electrons. The molecule has 0 amide bonds. The molecule has 0 saturated carbocycles. The van der Waals surface area contributed by atoms with Crippen LogP contribution in [0.3, 0.4) is 0 Å². The van der Waals surface area contributed by atoms with E-state index in [4.69, 9.17) is 13.9 Å². The molecule has 32 heavy (non-hydrogen) atoms. The average molecular weight is 436 g/mol. The Morgan fingerprint density at radius 1 is 0.938 bits per heavy atom. The van der Waals surface area contributed by atoms with Crippen LogP contribution in [0.15, 0.2) is 34.7 Å². The minimum atomic E-state index is -0.877. The molecule has 170 valence electrons. The number of hydrogen-bond donors (Lipinski definition) is 0. The number of benzene rings is 2. The van der Waals surface area contributed by atoms with Crippen molar-refractivity contribution in [1.82, 2.24) is 4.98 Å². The average Bonchev–Trinajstić information content (AvgIpc) is 3.13. The minimum Gasteiger partial charge on any atom is -0.493 e. The summed E-state index contributed by atoms with van der Waals surface area (Å²) >= 11 is 0. The highest BCUT2D eigenvalue weighted by Gasteiger charge is 2.29. The van der Waals surface area contributed by atoms with Crippen LogP contribution in [0.2, 0.25) is 0 Å². The number of aromatic nitrogens is 1. The predicted molar refractivity (Wildman–Crippen MR) is 127 cm³/mol. The van der Waals surface area contributed by atoms with Crippen molar-refractivity contribution in [2.45, 2.75) is 67.4 Å². The van der Waals surface area contributed by atoms with E-state index in [-0.39, 0.29) is 5.78 Å². The van der Waals surface area contributed by atoms with E-state index in [1.165, 1.54) is 0 Å². The second-order valence-corrected chi connectivity index (χ2v) is 8.81. The summed E-state index contributed by atoms with van der Waals surface area (Å²) in [6, 6.07) is 9.89. The van der Waals surface area contributed by atoms with Crippen LogP contribution in [0.25, 0.3) is 11.5 Å². The summed E-state index contributed by atoms with van der Waals surface area (Å²) in [4.78, 5) is 16.6. The molecular formula is C27H33NO4. The van der Waals surface area contributed by atoms with Crippen molar-refractivity contribution in [2.75, 3.05) is 6.61 Å². The van der Waals surface area contributed by atoms with E-state index in [0.29, 0.717) is 18.9 Å². The standard InChI is InChI=1S/C27H33NO4/c1-16-18(3)25(32-27(7,8)21(6)29)19(4)17(2)24(16)30-15-14-23-20(5)31-26(28-23)22-12-10-9-11-13-22/h9-13H,14-15H2,1-8H3. The Kier molecular flexibility index (Phi) is 6.77. The van der Waals surface area contributed by atoms with Crippen LogP contribution in [-0.4, -0.2) is 23.0 Å². The first-order valence-corrected chi connectivity index (χ1v) is 11.0. The summed E-state index contributed by atoms with van der Waals surface area (Å²) in [7, 11) is 0. The molecule has 1 heterocycles. The van der Waals surface area contributed by atoms with E-state index in [9.17, 15) is 4.79 Å². The number of aryl methyl sites for hydroxylation is 1. The number of rotatable bonds is 8. The van der Waals surface area contributed by atoms with Crippen LogP contribution in [0.5, 0.6) is 11.5 Å². The highest BCUT2D eigenvalue weighted by atomic mass is 16.5. The highest BCUT2D eigenvalue weighted by Crippen LogP contribution is 2.39. The van der Waals surface area contributed by atoms with Crippen LogP contribution in [-0.2, 0) is 11.2 Å². The number of oxazole rings is 1. The van der Waals surface area contributed by atoms with Gasteiger partial charge in [-0.15, -0.1) is 0 Å². The lowest BCUT2D eigenvalue weighted by atomic mass is 9.97. The molecule has 1 aromatic heterocycles. The SMILES string of the molecule is CC(=O)C(C)(C)Oc1c(C)c(C)c(OCCc2nc(-c3ccccc3)oc2C)c(C)c1C. The van der Waals surface area contributed by atoms with Crippen LogP contribution in [0, 0.1) is 34.6 Å². The third-order valence-corrected chi connectivity index (χ3v) is 6.19. The maximum absolute atomic E-state index is 12.0. The number of carbonyl (C=O) groups excluding carboxylic acids is 1. The van der Waals surface area contributed by atoms with Crippen LogP contribution >= 0.6 is 0 Å². The lowest BCUT2D eigenvalue weighted by Crippen LogP contribution is -2.36. The summed E-state index contributed by atoms with van der Waals surface area (Å²) in [6.45, 7) is 15.6. The molecule has 5 heteroatoms. The number of Topliss-reactive ketones (excluding diaryl/α,β-unsaturated/α-hetero) is 1. The first-order chi connectivity index (χ1) is 15.0. The van der Waals surface area contributed by atoms with Gasteiger partial charge in [-0.25, -0.2) is 4.98 Å². The van der Waals surface area contributed by atoms with E-state index < -0.39 is 5.60 Å². The lowest BCUT2D eigenvalue weighted by molar-refractivity contribution is -0.129. The van der Waals surface area contributed by atoms with Gasteiger partial charge in [0, 0.05) is 12.0 Å². The number of carbonyl (C=O) groups is 1.